The molecule has 3 atom stereocenters. The highest BCUT2D eigenvalue weighted by Crippen LogP contribution is 2.25. The molecule has 0 saturated heterocycles. The highest BCUT2D eigenvalue weighted by atomic mass is 16.3. The van der Waals surface area contributed by atoms with Crippen molar-refractivity contribution >= 4 is 17.5 Å². The van der Waals surface area contributed by atoms with Gasteiger partial charge in [0.05, 0.1) is 24.8 Å². The topological polar surface area (TPSA) is 107 Å². The molecule has 3 N–H and O–H groups in total. The number of nitrogens with one attached hydrogen (secondary N) is 3. The van der Waals surface area contributed by atoms with Gasteiger partial charge >= 0.3 is 0 Å². The fraction of sp³-hybridized carbons (Fsp3) is 0.480. The van der Waals surface area contributed by atoms with E-state index in [1.807, 2.05) is 38.1 Å². The Labute approximate surface area is 189 Å². The molecule has 1 aromatic carbocycles. The lowest BCUT2D eigenvalue weighted by Crippen LogP contribution is -2.50. The molecule has 2 aromatic rings. The minimum atomic E-state index is -0.498. The number of rotatable bonds is 9. The van der Waals surface area contributed by atoms with Crippen LogP contribution in [0.5, 0.6) is 0 Å². The maximum Gasteiger partial charge on any atom is 0.251 e. The lowest BCUT2D eigenvalue weighted by molar-refractivity contribution is -0.127. The first-order valence-electron chi connectivity index (χ1n) is 11.3. The maximum atomic E-state index is 12.9. The van der Waals surface area contributed by atoms with Crippen LogP contribution in [0.3, 0.4) is 0 Å². The summed E-state index contributed by atoms with van der Waals surface area (Å²) in [4.78, 5) is 25.7. The predicted molar refractivity (Wildman–Crippen MR) is 123 cm³/mol. The first-order chi connectivity index (χ1) is 15.5. The Morgan fingerprint density at radius 2 is 1.91 bits per heavy atom. The summed E-state index contributed by atoms with van der Waals surface area (Å²) in [5.41, 5.74) is 1.44. The molecule has 7 heteroatoms. The highest BCUT2D eigenvalue weighted by Gasteiger charge is 2.33. The van der Waals surface area contributed by atoms with E-state index in [2.05, 4.69) is 22.0 Å². The van der Waals surface area contributed by atoms with Gasteiger partial charge in [-0.3, -0.25) is 9.59 Å². The molecule has 7 nitrogen and oxygen atoms in total. The van der Waals surface area contributed by atoms with E-state index in [9.17, 15) is 14.9 Å². The number of carbonyl (C=O) groups excluding carboxylic acids is 2. The van der Waals surface area contributed by atoms with Crippen molar-refractivity contribution in [2.45, 2.75) is 64.6 Å². The van der Waals surface area contributed by atoms with Crippen LogP contribution in [0.15, 0.2) is 47.1 Å². The fourth-order valence-corrected chi connectivity index (χ4v) is 4.11. The lowest BCUT2D eigenvalue weighted by Gasteiger charge is -2.32. The first-order valence-corrected chi connectivity index (χ1v) is 11.3. The van der Waals surface area contributed by atoms with Crippen LogP contribution in [0.4, 0.5) is 5.69 Å². The summed E-state index contributed by atoms with van der Waals surface area (Å²) in [7, 11) is 0. The second-order valence-electron chi connectivity index (χ2n) is 8.80. The van der Waals surface area contributed by atoms with E-state index < -0.39 is 6.04 Å². The van der Waals surface area contributed by atoms with Crippen LogP contribution in [-0.2, 0) is 11.3 Å². The van der Waals surface area contributed by atoms with Crippen LogP contribution in [-0.4, -0.2) is 23.9 Å². The summed E-state index contributed by atoms with van der Waals surface area (Å²) in [6.07, 6.45) is 5.64. The monoisotopic (exact) mass is 436 g/mol. The Kier molecular flexibility index (Phi) is 8.32. The zero-order valence-electron chi connectivity index (χ0n) is 18.8. The summed E-state index contributed by atoms with van der Waals surface area (Å²) in [5, 5.41) is 18.5. The highest BCUT2D eigenvalue weighted by molar-refractivity contribution is 5.95. The van der Waals surface area contributed by atoms with E-state index in [4.69, 9.17) is 4.42 Å². The van der Waals surface area contributed by atoms with E-state index in [0.29, 0.717) is 30.9 Å². The zero-order chi connectivity index (χ0) is 22.9. The first kappa shape index (κ1) is 23.4. The second-order valence-corrected chi connectivity index (χ2v) is 8.80. The minimum absolute atomic E-state index is 0.139. The zero-order valence-corrected chi connectivity index (χ0v) is 18.8. The van der Waals surface area contributed by atoms with Crippen LogP contribution in [0.2, 0.25) is 0 Å². The molecule has 1 aliphatic carbocycles. The van der Waals surface area contributed by atoms with Crippen LogP contribution in [0, 0.1) is 23.2 Å². The number of hydrogen-bond acceptors (Lipinski definition) is 5. The van der Waals surface area contributed by atoms with E-state index in [0.717, 1.165) is 30.7 Å². The van der Waals surface area contributed by atoms with Gasteiger partial charge in [-0.25, -0.2) is 0 Å². The molecule has 1 heterocycles. The molecule has 0 unspecified atom stereocenters. The van der Waals surface area contributed by atoms with Crippen LogP contribution < -0.4 is 16.0 Å². The lowest BCUT2D eigenvalue weighted by atomic mass is 9.83. The van der Waals surface area contributed by atoms with Gasteiger partial charge in [-0.2, -0.15) is 5.26 Å². The fourth-order valence-electron chi connectivity index (χ4n) is 4.11. The molecular formula is C25H32N4O3. The number of nitriles is 1. The summed E-state index contributed by atoms with van der Waals surface area (Å²) in [5.74, 6) is 0.509. The maximum absolute atomic E-state index is 12.9. The quantitative estimate of drug-likeness (QED) is 0.545. The number of nitrogens with zero attached hydrogens (tertiary/aromatic N) is 1. The van der Waals surface area contributed by atoms with Gasteiger partial charge in [0, 0.05) is 17.3 Å². The van der Waals surface area contributed by atoms with Crippen molar-refractivity contribution < 1.29 is 14.0 Å². The van der Waals surface area contributed by atoms with E-state index in [1.165, 1.54) is 0 Å². The molecule has 170 valence electrons. The van der Waals surface area contributed by atoms with Crippen molar-refractivity contribution in [2.75, 3.05) is 5.32 Å². The third kappa shape index (κ3) is 6.61. The Balaban J connectivity index is 1.57. The number of hydrogen-bond donors (Lipinski definition) is 3. The average Bonchev–Trinajstić information content (AvgIpc) is 3.31. The van der Waals surface area contributed by atoms with Gasteiger partial charge in [0.1, 0.15) is 11.8 Å². The molecular weight excluding hydrogens is 404 g/mol. The summed E-state index contributed by atoms with van der Waals surface area (Å²) < 4.78 is 5.30. The third-order valence-electron chi connectivity index (χ3n) is 5.79. The van der Waals surface area contributed by atoms with Crippen molar-refractivity contribution in [2.24, 2.45) is 11.8 Å². The van der Waals surface area contributed by atoms with Crippen molar-refractivity contribution in [1.29, 1.82) is 5.26 Å². The predicted octanol–water partition coefficient (Wildman–Crippen LogP) is 4.23. The molecule has 1 saturated carbocycles. The van der Waals surface area contributed by atoms with Crippen LogP contribution in [0.25, 0.3) is 0 Å². The summed E-state index contributed by atoms with van der Waals surface area (Å²) >= 11 is 0. The molecule has 1 aliphatic rings. The largest absolute Gasteiger partial charge is 0.467 e. The second kappa shape index (κ2) is 11.4. The van der Waals surface area contributed by atoms with Gasteiger partial charge in [-0.15, -0.1) is 0 Å². The molecule has 3 rings (SSSR count). The number of furan rings is 1. The molecule has 2 amide bonds. The molecule has 32 heavy (non-hydrogen) atoms. The standard InChI is InChI=1S/C25H32N4O3/c1-17(2)14-20(15-26)28-25(31)22-7-3-4-8-23(22)29-24(30)18-9-11-19(12-10-18)27-16-21-6-5-13-32-21/h5-6,9-13,17,20,22-23,27H,3-4,7-8,14,16H2,1-2H3,(H,28,31)(H,29,30)/t20-,22+,23-/m0/s1. The smallest absolute Gasteiger partial charge is 0.251 e. The Morgan fingerprint density at radius 1 is 1.16 bits per heavy atom. The number of amides is 2. The van der Waals surface area contributed by atoms with E-state index in [1.54, 1.807) is 18.4 Å². The van der Waals surface area contributed by atoms with Gasteiger partial charge < -0.3 is 20.4 Å². The van der Waals surface area contributed by atoms with Gasteiger partial charge in [-0.05, 0) is 61.6 Å². The van der Waals surface area contributed by atoms with Crippen molar-refractivity contribution in [3.63, 3.8) is 0 Å². The van der Waals surface area contributed by atoms with Gasteiger partial charge in [0.2, 0.25) is 5.91 Å². The van der Waals surface area contributed by atoms with Crippen molar-refractivity contribution in [3.05, 3.63) is 54.0 Å². The Hall–Kier alpha value is -3.27. The van der Waals surface area contributed by atoms with Gasteiger partial charge in [0.25, 0.3) is 5.91 Å². The molecule has 0 aliphatic heterocycles. The normalized spacial score (nSPS) is 19.1. The van der Waals surface area contributed by atoms with Crippen LogP contribution in [0.1, 0.15) is 62.1 Å². The Bertz CT molecular complexity index is 916. The third-order valence-corrected chi connectivity index (χ3v) is 5.79. The van der Waals surface area contributed by atoms with Gasteiger partial charge in [0.15, 0.2) is 0 Å². The number of benzene rings is 1. The van der Waals surface area contributed by atoms with Crippen LogP contribution >= 0.6 is 0 Å². The number of anilines is 1. The molecule has 0 bridgehead atoms. The minimum Gasteiger partial charge on any atom is -0.467 e. The summed E-state index contributed by atoms with van der Waals surface area (Å²) in [6, 6.07) is 12.4. The number of carbonyl (C=O) groups is 2. The molecule has 1 fully saturated rings. The average molecular weight is 437 g/mol. The van der Waals surface area contributed by atoms with Gasteiger partial charge in [-0.1, -0.05) is 26.7 Å². The molecule has 0 radical (unpaired) electrons. The van der Waals surface area contributed by atoms with E-state index in [-0.39, 0.29) is 23.8 Å². The summed E-state index contributed by atoms with van der Waals surface area (Å²) in [6.45, 7) is 4.62. The molecule has 1 aromatic heterocycles. The molecule has 0 spiro atoms. The van der Waals surface area contributed by atoms with Crippen molar-refractivity contribution in [1.82, 2.24) is 10.6 Å². The van der Waals surface area contributed by atoms with E-state index >= 15 is 0 Å². The SMILES string of the molecule is CC(C)C[C@@H](C#N)NC(=O)[C@@H]1CCCC[C@@H]1NC(=O)c1ccc(NCc2ccco2)cc1. The Morgan fingerprint density at radius 3 is 2.56 bits per heavy atom. The van der Waals surface area contributed by atoms with Crippen molar-refractivity contribution in [3.8, 4) is 6.07 Å².